The maximum absolute atomic E-state index is 11.5. The number of sulfone groups is 1. The minimum absolute atomic E-state index is 0.0703. The molecule has 1 saturated heterocycles. The first-order valence-corrected chi connectivity index (χ1v) is 7.42. The van der Waals surface area contributed by atoms with Crippen LogP contribution >= 0.6 is 0 Å². The Hall–Kier alpha value is -1.44. The van der Waals surface area contributed by atoms with Gasteiger partial charge in [-0.1, -0.05) is 5.16 Å². The average molecular weight is 274 g/mol. The average Bonchev–Trinajstić information content (AvgIpc) is 2.82. The quantitative estimate of drug-likeness (QED) is 0.725. The number of rotatable bonds is 4. The Kier molecular flexibility index (Phi) is 3.65. The fourth-order valence-corrected chi connectivity index (χ4v) is 3.73. The van der Waals surface area contributed by atoms with Crippen molar-refractivity contribution < 1.29 is 22.5 Å². The summed E-state index contributed by atoms with van der Waals surface area (Å²) in [6.45, 7) is 1.59. The molecule has 1 atom stereocenters. The number of esters is 1. The van der Waals surface area contributed by atoms with Crippen LogP contribution in [-0.4, -0.2) is 36.0 Å². The number of ether oxygens (including phenoxy) is 1. The van der Waals surface area contributed by atoms with Gasteiger partial charge in [0, 0.05) is 6.42 Å². The second-order valence-corrected chi connectivity index (χ2v) is 6.60. The van der Waals surface area contributed by atoms with Crippen LogP contribution < -0.4 is 0 Å². The molecule has 0 radical (unpaired) electrons. The Morgan fingerprint density at radius 1 is 1.56 bits per heavy atom. The summed E-state index contributed by atoms with van der Waals surface area (Å²) in [5, 5.41) is 3.56. The molecule has 0 aromatic carbocycles. The van der Waals surface area contributed by atoms with Crippen molar-refractivity contribution in [3.05, 3.63) is 11.7 Å². The van der Waals surface area contributed by atoms with Crippen LogP contribution in [0.25, 0.3) is 0 Å². The molecule has 1 aromatic heterocycles. The summed E-state index contributed by atoms with van der Waals surface area (Å²) in [4.78, 5) is 15.4. The van der Waals surface area contributed by atoms with Gasteiger partial charge in [0.1, 0.15) is 0 Å². The summed E-state index contributed by atoms with van der Waals surface area (Å²) >= 11 is 0. The van der Waals surface area contributed by atoms with Crippen molar-refractivity contribution in [1.82, 2.24) is 10.1 Å². The fraction of sp³-hybridized carbons (Fsp3) is 0.700. The van der Waals surface area contributed by atoms with E-state index in [4.69, 9.17) is 9.26 Å². The van der Waals surface area contributed by atoms with Gasteiger partial charge in [0.15, 0.2) is 22.3 Å². The van der Waals surface area contributed by atoms with Crippen LogP contribution in [-0.2, 0) is 26.0 Å². The third-order valence-electron chi connectivity index (χ3n) is 2.71. The molecule has 0 N–H and O–H groups in total. The monoisotopic (exact) mass is 274 g/mol. The van der Waals surface area contributed by atoms with Crippen molar-refractivity contribution in [1.29, 1.82) is 0 Å². The van der Waals surface area contributed by atoms with Crippen molar-refractivity contribution in [3.8, 4) is 0 Å². The summed E-state index contributed by atoms with van der Waals surface area (Å²) < 4.78 is 32.2. The van der Waals surface area contributed by atoms with Gasteiger partial charge in [-0.2, -0.15) is 4.98 Å². The van der Waals surface area contributed by atoms with Gasteiger partial charge in [-0.15, -0.1) is 0 Å². The zero-order valence-corrected chi connectivity index (χ0v) is 10.8. The highest BCUT2D eigenvalue weighted by Crippen LogP contribution is 2.22. The maximum atomic E-state index is 11.5. The Morgan fingerprint density at radius 2 is 2.33 bits per heavy atom. The van der Waals surface area contributed by atoms with E-state index in [1.807, 2.05) is 0 Å². The van der Waals surface area contributed by atoms with Crippen molar-refractivity contribution in [3.63, 3.8) is 0 Å². The zero-order valence-electron chi connectivity index (χ0n) is 9.96. The topological polar surface area (TPSA) is 99.4 Å². The highest BCUT2D eigenvalue weighted by Gasteiger charge is 2.29. The summed E-state index contributed by atoms with van der Waals surface area (Å²) in [7, 11) is -2.95. The van der Waals surface area contributed by atoms with Crippen LogP contribution in [0.2, 0.25) is 0 Å². The molecule has 1 aliphatic rings. The van der Waals surface area contributed by atoms with E-state index >= 15 is 0 Å². The fourth-order valence-electron chi connectivity index (χ4n) is 1.87. The zero-order chi connectivity index (χ0) is 13.2. The number of nitrogens with zero attached hydrogens (tertiary/aromatic N) is 2. The summed E-state index contributed by atoms with van der Waals surface area (Å²) in [5.41, 5.74) is 0. The van der Waals surface area contributed by atoms with Crippen LogP contribution in [0.1, 0.15) is 24.6 Å². The molecular weight excluding hydrogens is 260 g/mol. The molecule has 0 saturated carbocycles. The first-order valence-electron chi connectivity index (χ1n) is 5.60. The van der Waals surface area contributed by atoms with Crippen LogP contribution in [0.15, 0.2) is 4.52 Å². The number of aryl methyl sites for hydroxylation is 1. The molecule has 18 heavy (non-hydrogen) atoms. The molecule has 0 spiro atoms. The predicted molar refractivity (Wildman–Crippen MR) is 60.2 cm³/mol. The van der Waals surface area contributed by atoms with Crippen LogP contribution in [0.3, 0.4) is 0 Å². The van der Waals surface area contributed by atoms with E-state index in [-0.39, 0.29) is 36.3 Å². The molecule has 1 unspecified atom stereocenters. The molecule has 2 rings (SSSR count). The van der Waals surface area contributed by atoms with Gasteiger partial charge >= 0.3 is 5.97 Å². The van der Waals surface area contributed by atoms with Crippen LogP contribution in [0.4, 0.5) is 0 Å². The summed E-state index contributed by atoms with van der Waals surface area (Å²) in [5.74, 6) is 0.373. The van der Waals surface area contributed by atoms with Crippen molar-refractivity contribution >= 4 is 15.8 Å². The van der Waals surface area contributed by atoms with E-state index in [0.29, 0.717) is 12.2 Å². The Labute approximate surface area is 104 Å². The molecule has 2 heterocycles. The first kappa shape index (κ1) is 13.0. The van der Waals surface area contributed by atoms with Gasteiger partial charge in [0.25, 0.3) is 5.89 Å². The van der Waals surface area contributed by atoms with E-state index in [1.54, 1.807) is 6.92 Å². The van der Waals surface area contributed by atoms with E-state index in [2.05, 4.69) is 10.1 Å². The van der Waals surface area contributed by atoms with Crippen molar-refractivity contribution in [2.45, 2.75) is 26.4 Å². The highest BCUT2D eigenvalue weighted by molar-refractivity contribution is 7.91. The van der Waals surface area contributed by atoms with Gasteiger partial charge < -0.3 is 9.26 Å². The van der Waals surface area contributed by atoms with Crippen molar-refractivity contribution in [2.75, 3.05) is 11.5 Å². The number of carbonyl (C=O) groups excluding carboxylic acids is 1. The van der Waals surface area contributed by atoms with E-state index < -0.39 is 15.8 Å². The highest BCUT2D eigenvalue weighted by atomic mass is 32.2. The van der Waals surface area contributed by atoms with Gasteiger partial charge in [-0.3, -0.25) is 4.79 Å². The van der Waals surface area contributed by atoms with Gasteiger partial charge in [0.05, 0.1) is 11.5 Å². The van der Waals surface area contributed by atoms with E-state index in [1.165, 1.54) is 0 Å². The molecule has 0 bridgehead atoms. The molecule has 0 aliphatic carbocycles. The molecule has 0 amide bonds. The van der Waals surface area contributed by atoms with E-state index in [9.17, 15) is 13.2 Å². The van der Waals surface area contributed by atoms with Crippen LogP contribution in [0.5, 0.6) is 0 Å². The second-order valence-electron chi connectivity index (χ2n) is 4.37. The maximum Gasteiger partial charge on any atom is 0.306 e. The van der Waals surface area contributed by atoms with Gasteiger partial charge in [-0.05, 0) is 19.3 Å². The molecule has 1 fully saturated rings. The van der Waals surface area contributed by atoms with Gasteiger partial charge in [0.2, 0.25) is 0 Å². The van der Waals surface area contributed by atoms with Crippen LogP contribution in [0, 0.1) is 12.8 Å². The molecule has 1 aliphatic heterocycles. The van der Waals surface area contributed by atoms with Crippen molar-refractivity contribution in [2.24, 2.45) is 5.92 Å². The normalized spacial score (nSPS) is 21.9. The third-order valence-corrected chi connectivity index (χ3v) is 4.55. The largest absolute Gasteiger partial charge is 0.456 e. The molecule has 1 aromatic rings. The lowest BCUT2D eigenvalue weighted by molar-refractivity contribution is -0.146. The lowest BCUT2D eigenvalue weighted by Crippen LogP contribution is -2.13. The minimum atomic E-state index is -2.95. The van der Waals surface area contributed by atoms with E-state index in [0.717, 1.165) is 0 Å². The summed E-state index contributed by atoms with van der Waals surface area (Å²) in [6.07, 6.45) is 0.642. The molecule has 100 valence electrons. The lowest BCUT2D eigenvalue weighted by atomic mass is 10.1. The second kappa shape index (κ2) is 5.05. The smallest absolute Gasteiger partial charge is 0.306 e. The molecule has 8 heteroatoms. The summed E-state index contributed by atoms with van der Waals surface area (Å²) in [6, 6.07) is 0. The van der Waals surface area contributed by atoms with Gasteiger partial charge in [-0.25, -0.2) is 8.42 Å². The number of aromatic nitrogens is 2. The number of hydrogen-bond acceptors (Lipinski definition) is 7. The Morgan fingerprint density at radius 3 is 2.89 bits per heavy atom. The number of carbonyl (C=O) groups is 1. The minimum Gasteiger partial charge on any atom is -0.456 e. The Bertz CT molecular complexity index is 536. The standard InChI is InChI=1S/C10H14N2O5S/c1-7-11-9(17-12-7)5-16-10(13)4-8-2-3-18(14,15)6-8/h8H,2-6H2,1H3. The Balaban J connectivity index is 1.76. The lowest BCUT2D eigenvalue weighted by Gasteiger charge is -2.06. The first-order chi connectivity index (χ1) is 8.44. The molecular formula is C10H14N2O5S. The predicted octanol–water partition coefficient (Wildman–Crippen LogP) is 0.246. The number of hydrogen-bond donors (Lipinski definition) is 0. The third kappa shape index (κ3) is 3.52. The SMILES string of the molecule is Cc1noc(COC(=O)CC2CCS(=O)(=O)C2)n1. The molecule has 7 nitrogen and oxygen atoms in total.